The van der Waals surface area contributed by atoms with Gasteiger partial charge in [-0.1, -0.05) is 0 Å². The highest BCUT2D eigenvalue weighted by molar-refractivity contribution is 7.18. The Labute approximate surface area is 150 Å². The van der Waals surface area contributed by atoms with Gasteiger partial charge in [0.05, 0.1) is 16.1 Å². The molecule has 0 radical (unpaired) electrons. The number of anilines is 1. The van der Waals surface area contributed by atoms with Gasteiger partial charge in [0, 0.05) is 12.6 Å². The third kappa shape index (κ3) is 4.37. The molecule has 2 heterocycles. The van der Waals surface area contributed by atoms with Crippen LogP contribution >= 0.6 is 23.7 Å². The summed E-state index contributed by atoms with van der Waals surface area (Å²) in [7, 11) is 0. The zero-order valence-corrected chi connectivity index (χ0v) is 14.8. The van der Waals surface area contributed by atoms with Gasteiger partial charge >= 0.3 is 0 Å². The summed E-state index contributed by atoms with van der Waals surface area (Å²) in [4.78, 5) is 24.8. The summed E-state index contributed by atoms with van der Waals surface area (Å²) >= 11 is 1.24. The van der Waals surface area contributed by atoms with Crippen molar-refractivity contribution in [2.24, 2.45) is 11.7 Å². The van der Waals surface area contributed by atoms with Gasteiger partial charge in [-0.15, -0.1) is 23.7 Å². The highest BCUT2D eigenvalue weighted by atomic mass is 35.5. The fraction of sp³-hybridized carbons (Fsp3) is 0.375. The minimum atomic E-state index is -0.334. The van der Waals surface area contributed by atoms with E-state index in [9.17, 15) is 9.59 Å². The first-order chi connectivity index (χ1) is 11.0. The van der Waals surface area contributed by atoms with Crippen molar-refractivity contribution in [2.75, 3.05) is 11.9 Å². The first kappa shape index (κ1) is 18.5. The second-order valence-electron chi connectivity index (χ2n) is 5.77. The van der Waals surface area contributed by atoms with Crippen molar-refractivity contribution in [3.05, 3.63) is 40.7 Å². The van der Waals surface area contributed by atoms with Crippen molar-refractivity contribution in [1.29, 1.82) is 0 Å². The Morgan fingerprint density at radius 2 is 2.17 bits per heavy atom. The van der Waals surface area contributed by atoms with Crippen LogP contribution in [0.1, 0.15) is 38.6 Å². The normalized spacial score (nSPS) is 14.6. The molecule has 0 aromatic carbocycles. The van der Waals surface area contributed by atoms with Crippen LogP contribution in [0.25, 0.3) is 0 Å². The van der Waals surface area contributed by atoms with Crippen molar-refractivity contribution >= 4 is 40.6 Å². The monoisotopic (exact) mass is 369 g/mol. The van der Waals surface area contributed by atoms with Gasteiger partial charge in [-0.05, 0) is 49.4 Å². The fourth-order valence-electron chi connectivity index (χ4n) is 2.33. The number of hydrogen-bond acceptors (Lipinski definition) is 5. The lowest BCUT2D eigenvalue weighted by Crippen LogP contribution is -2.38. The molecule has 8 heteroatoms. The molecule has 6 nitrogen and oxygen atoms in total. The molecular weight excluding hydrogens is 350 g/mol. The molecule has 0 bridgehead atoms. The van der Waals surface area contributed by atoms with Crippen LogP contribution in [0.3, 0.4) is 0 Å². The molecule has 3 rings (SSSR count). The molecule has 2 amide bonds. The zero-order chi connectivity index (χ0) is 16.4. The molecule has 130 valence electrons. The van der Waals surface area contributed by atoms with Gasteiger partial charge in [0.15, 0.2) is 5.76 Å². The number of carbonyl (C=O) groups is 2. The van der Waals surface area contributed by atoms with Crippen molar-refractivity contribution in [2.45, 2.75) is 25.8 Å². The molecule has 1 atom stereocenters. The van der Waals surface area contributed by atoms with E-state index in [1.165, 1.54) is 17.6 Å². The van der Waals surface area contributed by atoms with Crippen LogP contribution in [0.5, 0.6) is 0 Å². The lowest BCUT2D eigenvalue weighted by Gasteiger charge is -2.11. The summed E-state index contributed by atoms with van der Waals surface area (Å²) in [5, 5.41) is 6.22. The lowest BCUT2D eigenvalue weighted by molar-refractivity contribution is 0.0952. The van der Waals surface area contributed by atoms with Crippen molar-refractivity contribution in [3.8, 4) is 0 Å². The Balaban J connectivity index is 0.00000208. The minimum Gasteiger partial charge on any atom is -0.459 e. The first-order valence-electron chi connectivity index (χ1n) is 7.53. The Morgan fingerprint density at radius 3 is 2.79 bits per heavy atom. The zero-order valence-electron chi connectivity index (χ0n) is 13.2. The Morgan fingerprint density at radius 1 is 1.42 bits per heavy atom. The van der Waals surface area contributed by atoms with Crippen molar-refractivity contribution in [3.63, 3.8) is 0 Å². The van der Waals surface area contributed by atoms with Gasteiger partial charge in [-0.2, -0.15) is 0 Å². The molecule has 1 unspecified atom stereocenters. The molecule has 1 fully saturated rings. The number of halogens is 1. The van der Waals surface area contributed by atoms with E-state index in [0.29, 0.717) is 22.3 Å². The number of aryl methyl sites for hydroxylation is 1. The fourth-order valence-corrected chi connectivity index (χ4v) is 3.32. The molecule has 24 heavy (non-hydrogen) atoms. The number of nitrogens with two attached hydrogens (primary N) is 1. The van der Waals surface area contributed by atoms with Gasteiger partial charge in [0.25, 0.3) is 11.8 Å². The predicted molar refractivity (Wildman–Crippen MR) is 96.0 cm³/mol. The molecule has 1 saturated carbocycles. The Bertz CT molecular complexity index is 710. The molecule has 2 aromatic heterocycles. The number of carbonyl (C=O) groups excluding carboxylic acids is 2. The molecule has 4 N–H and O–H groups in total. The maximum Gasteiger partial charge on any atom is 0.291 e. The van der Waals surface area contributed by atoms with Crippen LogP contribution in [-0.4, -0.2) is 24.4 Å². The van der Waals surface area contributed by atoms with E-state index in [1.54, 1.807) is 18.2 Å². The topological polar surface area (TPSA) is 97.4 Å². The van der Waals surface area contributed by atoms with Gasteiger partial charge < -0.3 is 20.8 Å². The molecule has 0 aliphatic heterocycles. The standard InChI is InChI=1S/C16H19N3O3S.ClH/c1-9-7-13(19-15(20)12-3-2-6-22-12)23-14(9)16(21)18-8-11(17)10-4-5-10;/h2-3,6-7,10-11H,4-5,8,17H2,1H3,(H,18,21)(H,19,20);1H. The molecule has 2 aromatic rings. The van der Waals surface area contributed by atoms with E-state index in [-0.39, 0.29) is 36.0 Å². The number of furan rings is 1. The predicted octanol–water partition coefficient (Wildman–Crippen LogP) is 2.79. The second kappa shape index (κ2) is 7.83. The van der Waals surface area contributed by atoms with Gasteiger partial charge in [0.2, 0.25) is 0 Å². The maximum absolute atomic E-state index is 12.3. The largest absolute Gasteiger partial charge is 0.459 e. The molecule has 1 aliphatic carbocycles. The molecular formula is C16H20ClN3O3S. The number of rotatable bonds is 6. The Hall–Kier alpha value is -1.83. The summed E-state index contributed by atoms with van der Waals surface area (Å²) in [5.41, 5.74) is 6.81. The highest BCUT2D eigenvalue weighted by Crippen LogP contribution is 2.31. The van der Waals surface area contributed by atoms with E-state index < -0.39 is 0 Å². The number of thiophene rings is 1. The molecule has 0 spiro atoms. The van der Waals surface area contributed by atoms with Crippen molar-refractivity contribution in [1.82, 2.24) is 5.32 Å². The summed E-state index contributed by atoms with van der Waals surface area (Å²) in [6.07, 6.45) is 3.74. The van der Waals surface area contributed by atoms with E-state index in [0.717, 1.165) is 18.4 Å². The van der Waals surface area contributed by atoms with Crippen LogP contribution < -0.4 is 16.4 Å². The summed E-state index contributed by atoms with van der Waals surface area (Å²) in [5.74, 6) is 0.293. The molecule has 0 saturated heterocycles. The average Bonchev–Trinajstić information content (AvgIpc) is 3.10. The second-order valence-corrected chi connectivity index (χ2v) is 6.82. The third-order valence-electron chi connectivity index (χ3n) is 3.83. The quantitative estimate of drug-likeness (QED) is 0.729. The van der Waals surface area contributed by atoms with Crippen LogP contribution in [-0.2, 0) is 0 Å². The SMILES string of the molecule is Cc1cc(NC(=O)c2ccco2)sc1C(=O)NCC(N)C1CC1.Cl. The summed E-state index contributed by atoms with van der Waals surface area (Å²) in [6.45, 7) is 2.32. The van der Waals surface area contributed by atoms with Gasteiger partial charge in [0.1, 0.15) is 0 Å². The van der Waals surface area contributed by atoms with E-state index in [2.05, 4.69) is 10.6 Å². The van der Waals surface area contributed by atoms with Crippen LogP contribution in [0.15, 0.2) is 28.9 Å². The third-order valence-corrected chi connectivity index (χ3v) is 4.98. The smallest absolute Gasteiger partial charge is 0.291 e. The van der Waals surface area contributed by atoms with E-state index >= 15 is 0 Å². The average molecular weight is 370 g/mol. The van der Waals surface area contributed by atoms with Crippen LogP contribution in [0.4, 0.5) is 5.00 Å². The van der Waals surface area contributed by atoms with Gasteiger partial charge in [-0.3, -0.25) is 9.59 Å². The lowest BCUT2D eigenvalue weighted by atomic mass is 10.2. The highest BCUT2D eigenvalue weighted by Gasteiger charge is 2.28. The number of amides is 2. The first-order valence-corrected chi connectivity index (χ1v) is 8.35. The van der Waals surface area contributed by atoms with Crippen LogP contribution in [0.2, 0.25) is 0 Å². The maximum atomic E-state index is 12.3. The summed E-state index contributed by atoms with van der Waals surface area (Å²) in [6, 6.07) is 5.04. The van der Waals surface area contributed by atoms with Gasteiger partial charge in [-0.25, -0.2) is 0 Å². The number of hydrogen-bond donors (Lipinski definition) is 3. The van der Waals surface area contributed by atoms with Crippen LogP contribution in [0, 0.1) is 12.8 Å². The van der Waals surface area contributed by atoms with E-state index in [1.807, 2.05) is 6.92 Å². The van der Waals surface area contributed by atoms with E-state index in [4.69, 9.17) is 10.2 Å². The van der Waals surface area contributed by atoms with Crippen molar-refractivity contribution < 1.29 is 14.0 Å². The Kier molecular flexibility index (Phi) is 6.04. The molecule has 1 aliphatic rings. The number of nitrogens with one attached hydrogen (secondary N) is 2. The minimum absolute atomic E-state index is 0. The summed E-state index contributed by atoms with van der Waals surface area (Å²) < 4.78 is 5.04.